The van der Waals surface area contributed by atoms with Gasteiger partial charge in [-0.05, 0) is 26.2 Å². The molecule has 1 aliphatic carbocycles. The van der Waals surface area contributed by atoms with Crippen LogP contribution in [0, 0.1) is 5.92 Å². The molecule has 15 atom stereocenters. The summed E-state index contributed by atoms with van der Waals surface area (Å²) in [5.74, 6) is -1.19. The average Bonchev–Trinajstić information content (AvgIpc) is 2.97. The van der Waals surface area contributed by atoms with Crippen LogP contribution in [0.2, 0.25) is 0 Å². The average molecular weight is 626 g/mol. The van der Waals surface area contributed by atoms with Gasteiger partial charge >= 0.3 is 0 Å². The predicted octanol–water partition coefficient (Wildman–Crippen LogP) is -5.83. The third-order valence-corrected chi connectivity index (χ3v) is 8.56. The topological polar surface area (TPSA) is 301 Å². The molecule has 1 saturated carbocycles. The van der Waals surface area contributed by atoms with Crippen molar-refractivity contribution >= 4 is 5.84 Å². The maximum Gasteiger partial charge on any atom is 0.184 e. The molecule has 9 unspecified atom stereocenters. The molecule has 0 bridgehead atoms. The molecule has 3 rings (SSSR count). The minimum absolute atomic E-state index is 0.0159. The molecular formula is C26H51N5O12. The summed E-state index contributed by atoms with van der Waals surface area (Å²) in [6, 6.07) is -2.45. The summed E-state index contributed by atoms with van der Waals surface area (Å²) < 4.78 is 23.8. The summed E-state index contributed by atoms with van der Waals surface area (Å²) >= 11 is 0. The lowest BCUT2D eigenvalue weighted by molar-refractivity contribution is -0.312. The van der Waals surface area contributed by atoms with Crippen LogP contribution < -0.4 is 22.5 Å². The molecule has 2 saturated heterocycles. The van der Waals surface area contributed by atoms with Crippen LogP contribution in [0.1, 0.15) is 33.1 Å². The fourth-order valence-electron chi connectivity index (χ4n) is 5.47. The van der Waals surface area contributed by atoms with Gasteiger partial charge in [-0.15, -0.1) is 0 Å². The zero-order chi connectivity index (χ0) is 32.1. The number of aliphatic hydroxyl groups is 8. The van der Waals surface area contributed by atoms with Crippen molar-refractivity contribution in [2.24, 2.45) is 28.1 Å². The number of hydrogen-bond acceptors (Lipinski definition) is 16. The molecular weight excluding hydrogens is 574 g/mol. The number of hydrogen-bond donors (Lipinski definition) is 12. The Labute approximate surface area is 250 Å². The Bertz CT molecular complexity index is 889. The van der Waals surface area contributed by atoms with E-state index < -0.39 is 97.4 Å². The first-order valence-corrected chi connectivity index (χ1v) is 14.7. The number of ether oxygens (including phenoxy) is 4. The van der Waals surface area contributed by atoms with Crippen LogP contribution in [-0.4, -0.2) is 165 Å². The Morgan fingerprint density at radius 2 is 1.72 bits per heavy atom. The number of aliphatic imine (C=N–C) groups is 1. The third kappa shape index (κ3) is 8.99. The van der Waals surface area contributed by atoms with Gasteiger partial charge in [-0.1, -0.05) is 6.92 Å². The third-order valence-electron chi connectivity index (χ3n) is 8.56. The molecule has 43 heavy (non-hydrogen) atoms. The van der Waals surface area contributed by atoms with Gasteiger partial charge in [-0.3, -0.25) is 4.99 Å². The zero-order valence-corrected chi connectivity index (χ0v) is 24.6. The molecule has 252 valence electrons. The number of nitrogens with one attached hydrogen (secondary N) is 1. The van der Waals surface area contributed by atoms with Gasteiger partial charge in [-0.2, -0.15) is 0 Å². The number of rotatable bonds is 13. The molecule has 0 aromatic carbocycles. The summed E-state index contributed by atoms with van der Waals surface area (Å²) in [5, 5.41) is 84.4. The highest BCUT2D eigenvalue weighted by atomic mass is 16.7. The first kappa shape index (κ1) is 36.3. The zero-order valence-electron chi connectivity index (χ0n) is 24.6. The highest BCUT2D eigenvalue weighted by Gasteiger charge is 2.51. The van der Waals surface area contributed by atoms with Crippen LogP contribution in [-0.2, 0) is 18.9 Å². The van der Waals surface area contributed by atoms with E-state index in [4.69, 9.17) is 46.4 Å². The van der Waals surface area contributed by atoms with Crippen LogP contribution in [0.15, 0.2) is 4.99 Å². The van der Waals surface area contributed by atoms with Gasteiger partial charge in [0.15, 0.2) is 12.6 Å². The van der Waals surface area contributed by atoms with Crippen molar-refractivity contribution < 1.29 is 59.8 Å². The van der Waals surface area contributed by atoms with E-state index in [9.17, 15) is 30.6 Å². The van der Waals surface area contributed by atoms with Crippen LogP contribution >= 0.6 is 0 Å². The van der Waals surface area contributed by atoms with Crippen molar-refractivity contribution in [2.75, 3.05) is 32.9 Å². The Hall–Kier alpha value is -1.13. The maximum absolute atomic E-state index is 11.6. The smallest absolute Gasteiger partial charge is 0.184 e. The van der Waals surface area contributed by atoms with E-state index in [0.29, 0.717) is 25.9 Å². The summed E-state index contributed by atoms with van der Waals surface area (Å²) in [6.07, 6.45) is -11.9. The molecule has 0 aromatic rings. The van der Waals surface area contributed by atoms with E-state index in [1.807, 2.05) is 0 Å². The summed E-state index contributed by atoms with van der Waals surface area (Å²) in [7, 11) is 0. The first-order chi connectivity index (χ1) is 20.2. The summed E-state index contributed by atoms with van der Waals surface area (Å²) in [6.45, 7) is 2.93. The van der Waals surface area contributed by atoms with Gasteiger partial charge < -0.3 is 82.3 Å². The number of amidine groups is 1. The Morgan fingerprint density at radius 1 is 1.05 bits per heavy atom. The molecule has 15 N–H and O–H groups in total. The minimum atomic E-state index is -1.87. The summed E-state index contributed by atoms with van der Waals surface area (Å²) in [5.41, 5.74) is 17.3. The molecule has 17 heteroatoms. The van der Waals surface area contributed by atoms with E-state index >= 15 is 0 Å². The molecule has 2 heterocycles. The van der Waals surface area contributed by atoms with Gasteiger partial charge in [0.1, 0.15) is 48.6 Å². The van der Waals surface area contributed by atoms with Gasteiger partial charge in [-0.25, -0.2) is 0 Å². The standard InChI is InChI=1S/C26H51N5O12/c1-11-17(35)25(40-10-26(11,2)39)43-22-15(31-23(29)19(37)18(36)16(34)9-33)7-14(28)21(20(22)38)42-24-13(27)4-3-12(41-24)8-30-5-6-32/h11-22,24-25,30,32-39H,3-10,27-28H2,1-2H3,(H2,29,31)/t11-,12+,13?,14+,15-,16?,17?,18?,19?,20?,21?,22?,24-,25-,26?/m1/s1. The fraction of sp³-hybridized carbons (Fsp3) is 0.962. The monoisotopic (exact) mass is 625 g/mol. The van der Waals surface area contributed by atoms with Gasteiger partial charge in [0, 0.05) is 25.0 Å². The minimum Gasteiger partial charge on any atom is -0.395 e. The van der Waals surface area contributed by atoms with E-state index in [0.717, 1.165) is 0 Å². The van der Waals surface area contributed by atoms with Crippen molar-refractivity contribution in [3.63, 3.8) is 0 Å². The van der Waals surface area contributed by atoms with Crippen molar-refractivity contribution in [3.05, 3.63) is 0 Å². The van der Waals surface area contributed by atoms with Gasteiger partial charge in [0.2, 0.25) is 0 Å². The van der Waals surface area contributed by atoms with Crippen molar-refractivity contribution in [1.82, 2.24) is 5.32 Å². The van der Waals surface area contributed by atoms with Crippen LogP contribution in [0.3, 0.4) is 0 Å². The SMILES string of the molecule is C[C@@H]1C(O)[C@@H](OC2C(O)C(O[C@H]3O[C@H](CNCCO)CCC3N)[C@@H](N)C[C@H]2N=C(N)C(O)C(O)C(O)CO)OCC1(C)O. The second kappa shape index (κ2) is 15.9. The molecule has 0 aromatic heterocycles. The molecule has 2 aliphatic heterocycles. The largest absolute Gasteiger partial charge is 0.395 e. The molecule has 0 spiro atoms. The molecule has 0 amide bonds. The number of nitrogens with zero attached hydrogens (tertiary/aromatic N) is 1. The van der Waals surface area contributed by atoms with Gasteiger partial charge in [0.05, 0.1) is 43.6 Å². The Balaban J connectivity index is 1.83. The Morgan fingerprint density at radius 3 is 2.37 bits per heavy atom. The molecule has 3 aliphatic rings. The van der Waals surface area contributed by atoms with Gasteiger partial charge in [0.25, 0.3) is 0 Å². The second-order valence-corrected chi connectivity index (χ2v) is 12.0. The number of nitrogens with two attached hydrogens (primary N) is 3. The molecule has 0 radical (unpaired) electrons. The highest BCUT2D eigenvalue weighted by molar-refractivity contribution is 5.85. The second-order valence-electron chi connectivity index (χ2n) is 12.0. The lowest BCUT2D eigenvalue weighted by atomic mass is 9.82. The lowest BCUT2D eigenvalue weighted by Crippen LogP contribution is -2.65. The lowest BCUT2D eigenvalue weighted by Gasteiger charge is -2.48. The van der Waals surface area contributed by atoms with Crippen molar-refractivity contribution in [2.45, 2.75) is 118 Å². The maximum atomic E-state index is 11.6. The van der Waals surface area contributed by atoms with Crippen LogP contribution in [0.4, 0.5) is 0 Å². The first-order valence-electron chi connectivity index (χ1n) is 14.7. The highest BCUT2D eigenvalue weighted by Crippen LogP contribution is 2.35. The quantitative estimate of drug-likeness (QED) is 0.0515. The van der Waals surface area contributed by atoms with E-state index in [-0.39, 0.29) is 25.7 Å². The predicted molar refractivity (Wildman–Crippen MR) is 150 cm³/mol. The van der Waals surface area contributed by atoms with E-state index in [1.165, 1.54) is 6.92 Å². The molecule has 17 nitrogen and oxygen atoms in total. The van der Waals surface area contributed by atoms with E-state index in [2.05, 4.69) is 10.3 Å². The van der Waals surface area contributed by atoms with Crippen molar-refractivity contribution in [1.29, 1.82) is 0 Å². The number of aliphatic hydroxyl groups excluding tert-OH is 7. The van der Waals surface area contributed by atoms with E-state index in [1.54, 1.807) is 6.92 Å². The van der Waals surface area contributed by atoms with Crippen molar-refractivity contribution in [3.8, 4) is 0 Å². The Kier molecular flexibility index (Phi) is 13.5. The molecule has 3 fully saturated rings. The fourth-order valence-corrected chi connectivity index (χ4v) is 5.47. The van der Waals surface area contributed by atoms with Crippen LogP contribution in [0.25, 0.3) is 0 Å². The van der Waals surface area contributed by atoms with Crippen LogP contribution in [0.5, 0.6) is 0 Å². The normalized spacial score (nSPS) is 43.3. The summed E-state index contributed by atoms with van der Waals surface area (Å²) in [4.78, 5) is 4.24.